The molecule has 7 rings (SSSR count). The monoisotopic (exact) mass is 674 g/mol. The van der Waals surface area contributed by atoms with E-state index in [4.69, 9.17) is 39.0 Å². The summed E-state index contributed by atoms with van der Waals surface area (Å²) in [5.74, 6) is -0.230. The Balaban J connectivity index is 1.17. The fourth-order valence-corrected chi connectivity index (χ4v) is 7.25. The number of anilines is 2. The first-order valence-corrected chi connectivity index (χ1v) is 15.9. The maximum Gasteiger partial charge on any atom is 0.472 e. The summed E-state index contributed by atoms with van der Waals surface area (Å²) in [6.07, 6.45) is -9.11. The summed E-state index contributed by atoms with van der Waals surface area (Å²) in [4.78, 5) is 55.6. The Hall–Kier alpha value is -3.44. The number of aromatic amines is 1. The van der Waals surface area contributed by atoms with E-state index in [0.717, 1.165) is 17.2 Å². The first kappa shape index (κ1) is 30.2. The van der Waals surface area contributed by atoms with Crippen molar-refractivity contribution >= 4 is 49.7 Å². The van der Waals surface area contributed by atoms with E-state index in [1.807, 2.05) is 0 Å². The number of phosphoric acid groups is 2. The van der Waals surface area contributed by atoms with Gasteiger partial charge < -0.3 is 40.9 Å². The predicted octanol–water partition coefficient (Wildman–Crippen LogP) is -2.34. The Labute approximate surface area is 248 Å². The van der Waals surface area contributed by atoms with Crippen LogP contribution in [0.3, 0.4) is 0 Å². The van der Waals surface area contributed by atoms with Gasteiger partial charge in [-0.15, -0.1) is 0 Å². The van der Waals surface area contributed by atoms with E-state index < -0.39 is 83.5 Å². The zero-order chi connectivity index (χ0) is 31.8. The molecule has 3 fully saturated rings. The number of rotatable bonds is 2. The topological polar surface area (TPSA) is 330 Å². The van der Waals surface area contributed by atoms with Crippen LogP contribution in [0, 0.1) is 0 Å². The molecule has 242 valence electrons. The van der Waals surface area contributed by atoms with Crippen LogP contribution in [-0.2, 0) is 36.7 Å². The second-order valence-corrected chi connectivity index (χ2v) is 13.0. The number of nitrogen functional groups attached to an aromatic ring is 2. The van der Waals surface area contributed by atoms with Crippen LogP contribution in [-0.4, -0.2) is 109 Å². The number of aliphatic hydroxyl groups excluding tert-OH is 2. The fourth-order valence-electron chi connectivity index (χ4n) is 5.32. The molecule has 10 atom stereocenters. The zero-order valence-corrected chi connectivity index (χ0v) is 24.2. The number of nitrogens with two attached hydrogens (primary N) is 2. The van der Waals surface area contributed by atoms with E-state index in [-0.39, 0.29) is 34.1 Å². The van der Waals surface area contributed by atoms with Gasteiger partial charge >= 0.3 is 15.6 Å². The SMILES string of the molecule is Nc1nc2c(ncn2C2O[C@H]3COP(=O)(O)OC4C(COP(=O)(O)OC3C2O)O[C@H](n2cnc3c(N)ncnc32)C4O)c(=O)[nH]1. The molecule has 3 saturated heterocycles. The minimum Gasteiger partial charge on any atom is -0.386 e. The highest BCUT2D eigenvalue weighted by molar-refractivity contribution is 7.47. The van der Waals surface area contributed by atoms with Gasteiger partial charge in [0.1, 0.15) is 48.5 Å². The average molecular weight is 674 g/mol. The molecule has 45 heavy (non-hydrogen) atoms. The van der Waals surface area contributed by atoms with Gasteiger partial charge in [0.25, 0.3) is 5.56 Å². The summed E-state index contributed by atoms with van der Waals surface area (Å²) >= 11 is 0. The van der Waals surface area contributed by atoms with Crippen LogP contribution >= 0.6 is 15.6 Å². The second kappa shape index (κ2) is 10.8. The Bertz CT molecular complexity index is 1940. The maximum absolute atomic E-state index is 13.1. The molecule has 0 aliphatic carbocycles. The standard InChI is InChI=1S/C20H24N10O13P2/c21-14-8-15(24-3-23-14)29(4-25-8)18-10(31)12-6(40-18)1-38-45(36,37)43-13-7(2-39-44(34,35)42-12)41-19(11(13)32)30-5-26-9-16(30)27-20(22)28-17(9)33/h3-7,10-13,18-19,31-32H,1-2H2,(H,34,35)(H,36,37)(H2,21,23,24)(H3,22,27,28,33)/t6?,7-,10?,11?,12?,13?,18-,19?/m0/s1. The summed E-state index contributed by atoms with van der Waals surface area (Å²) in [6.45, 7) is -1.65. The Morgan fingerprint density at radius 3 is 1.93 bits per heavy atom. The Kier molecular flexibility index (Phi) is 7.27. The molecule has 3 aliphatic rings. The third kappa shape index (κ3) is 5.31. The van der Waals surface area contributed by atoms with Gasteiger partial charge in [0, 0.05) is 0 Å². The summed E-state index contributed by atoms with van der Waals surface area (Å²) in [5, 5.41) is 22.2. The van der Waals surface area contributed by atoms with Gasteiger partial charge in [0.15, 0.2) is 35.1 Å². The lowest BCUT2D eigenvalue weighted by Crippen LogP contribution is -2.39. The number of hydrogen-bond donors (Lipinski definition) is 7. The first-order chi connectivity index (χ1) is 21.3. The highest BCUT2D eigenvalue weighted by atomic mass is 31.2. The first-order valence-electron chi connectivity index (χ1n) is 13.0. The van der Waals surface area contributed by atoms with E-state index in [1.165, 1.54) is 10.9 Å². The van der Waals surface area contributed by atoms with Crippen molar-refractivity contribution in [2.75, 3.05) is 24.7 Å². The molecule has 0 spiro atoms. The number of nitrogens with zero attached hydrogens (tertiary/aromatic N) is 7. The third-order valence-corrected chi connectivity index (χ3v) is 9.29. The van der Waals surface area contributed by atoms with Crippen molar-refractivity contribution in [3.05, 3.63) is 29.3 Å². The predicted molar refractivity (Wildman–Crippen MR) is 143 cm³/mol. The van der Waals surface area contributed by atoms with Gasteiger partial charge in [0.2, 0.25) is 5.95 Å². The van der Waals surface area contributed by atoms with Crippen molar-refractivity contribution in [2.45, 2.75) is 49.1 Å². The molecule has 3 aliphatic heterocycles. The molecule has 0 radical (unpaired) electrons. The van der Waals surface area contributed by atoms with Crippen LogP contribution in [0.2, 0.25) is 0 Å². The van der Waals surface area contributed by atoms with Crippen LogP contribution in [0.1, 0.15) is 12.5 Å². The molecule has 23 nitrogen and oxygen atoms in total. The highest BCUT2D eigenvalue weighted by Crippen LogP contribution is 2.53. The molecule has 0 amide bonds. The molecule has 0 aromatic carbocycles. The molecular formula is C20H24N10O13P2. The van der Waals surface area contributed by atoms with E-state index in [1.54, 1.807) is 0 Å². The van der Waals surface area contributed by atoms with Crippen LogP contribution in [0.4, 0.5) is 11.8 Å². The van der Waals surface area contributed by atoms with E-state index >= 15 is 0 Å². The molecule has 8 unspecified atom stereocenters. The van der Waals surface area contributed by atoms with Crippen molar-refractivity contribution in [3.63, 3.8) is 0 Å². The van der Waals surface area contributed by atoms with Crippen LogP contribution in [0.15, 0.2) is 23.8 Å². The summed E-state index contributed by atoms with van der Waals surface area (Å²) in [6, 6.07) is 0. The van der Waals surface area contributed by atoms with Gasteiger partial charge in [-0.2, -0.15) is 4.98 Å². The molecule has 9 N–H and O–H groups in total. The van der Waals surface area contributed by atoms with Gasteiger partial charge in [0.05, 0.1) is 25.9 Å². The molecule has 4 aromatic rings. The number of nitrogens with one attached hydrogen (secondary N) is 1. The molecule has 4 aromatic heterocycles. The number of imidazole rings is 2. The molecule has 25 heteroatoms. The van der Waals surface area contributed by atoms with E-state index in [0.29, 0.717) is 0 Å². The number of phosphoric ester groups is 2. The van der Waals surface area contributed by atoms with Gasteiger partial charge in [-0.05, 0) is 0 Å². The average Bonchev–Trinajstić information content (AvgIpc) is 3.72. The minimum absolute atomic E-state index is 0.0383. The number of aliphatic hydroxyl groups is 2. The van der Waals surface area contributed by atoms with E-state index in [2.05, 4.69) is 29.9 Å². The van der Waals surface area contributed by atoms with Crippen molar-refractivity contribution in [1.29, 1.82) is 0 Å². The lowest BCUT2D eigenvalue weighted by atomic mass is 10.1. The quantitative estimate of drug-likeness (QED) is 0.109. The number of H-pyrrole nitrogens is 1. The number of aromatic nitrogens is 8. The number of hydrogen-bond acceptors (Lipinski definition) is 18. The molecular weight excluding hydrogens is 650 g/mol. The van der Waals surface area contributed by atoms with Gasteiger partial charge in [-0.1, -0.05) is 0 Å². The Morgan fingerprint density at radius 1 is 0.822 bits per heavy atom. The maximum atomic E-state index is 13.1. The lowest BCUT2D eigenvalue weighted by molar-refractivity contribution is -0.0664. The van der Waals surface area contributed by atoms with Crippen LogP contribution in [0.25, 0.3) is 22.3 Å². The van der Waals surface area contributed by atoms with Crippen molar-refractivity contribution in [1.82, 2.24) is 39.0 Å². The van der Waals surface area contributed by atoms with Crippen LogP contribution < -0.4 is 17.0 Å². The van der Waals surface area contributed by atoms with E-state index in [9.17, 15) is 33.9 Å². The van der Waals surface area contributed by atoms with Gasteiger partial charge in [-0.3, -0.25) is 37.0 Å². The van der Waals surface area contributed by atoms with Gasteiger partial charge in [-0.25, -0.2) is 29.1 Å². The number of ether oxygens (including phenoxy) is 2. The molecule has 0 bridgehead atoms. The molecule has 7 heterocycles. The second-order valence-electron chi connectivity index (χ2n) is 10.1. The third-order valence-electron chi connectivity index (χ3n) is 7.32. The normalized spacial score (nSPS) is 37.7. The largest absolute Gasteiger partial charge is 0.472 e. The van der Waals surface area contributed by atoms with Crippen molar-refractivity contribution in [3.8, 4) is 0 Å². The summed E-state index contributed by atoms with van der Waals surface area (Å²) < 4.78 is 60.9. The van der Waals surface area contributed by atoms with Crippen LogP contribution in [0.5, 0.6) is 0 Å². The summed E-state index contributed by atoms with van der Waals surface area (Å²) in [5.41, 5.74) is 10.8. The molecule has 0 saturated carbocycles. The summed E-state index contributed by atoms with van der Waals surface area (Å²) in [7, 11) is -10.1. The smallest absolute Gasteiger partial charge is 0.386 e. The highest BCUT2D eigenvalue weighted by Gasteiger charge is 2.54. The minimum atomic E-state index is -5.06. The Morgan fingerprint density at radius 2 is 1.36 bits per heavy atom. The fraction of sp³-hybridized carbons (Fsp3) is 0.500. The number of fused-ring (bicyclic) bond motifs is 4. The van der Waals surface area contributed by atoms with Crippen molar-refractivity contribution in [2.24, 2.45) is 0 Å². The zero-order valence-electron chi connectivity index (χ0n) is 22.4. The van der Waals surface area contributed by atoms with Crippen molar-refractivity contribution < 1.29 is 56.7 Å². The lowest BCUT2D eigenvalue weighted by Gasteiger charge is -2.27.